The minimum atomic E-state index is -0.422. The van der Waals surface area contributed by atoms with Gasteiger partial charge in [-0.1, -0.05) is 27.3 Å². The Kier molecular flexibility index (Phi) is 13.5. The Morgan fingerprint density at radius 2 is 1.54 bits per heavy atom. The predicted molar refractivity (Wildman–Crippen MR) is 136 cm³/mol. The zero-order valence-corrected chi connectivity index (χ0v) is 20.2. The number of aromatic hydroxyl groups is 3. The van der Waals surface area contributed by atoms with Crippen molar-refractivity contribution in [2.75, 3.05) is 6.61 Å². The van der Waals surface area contributed by atoms with Crippen LogP contribution in [0.3, 0.4) is 0 Å². The van der Waals surface area contributed by atoms with Gasteiger partial charge in [-0.15, -0.1) is 0 Å². The highest BCUT2D eigenvalue weighted by Crippen LogP contribution is 2.25. The fourth-order valence-electron chi connectivity index (χ4n) is 2.76. The van der Waals surface area contributed by atoms with Crippen LogP contribution in [0.1, 0.15) is 57.7 Å². The summed E-state index contributed by atoms with van der Waals surface area (Å²) in [5.74, 6) is -0.111. The number of phenolic OH excluding ortho intramolecular Hbond substituents is 3. The summed E-state index contributed by atoms with van der Waals surface area (Å²) in [5, 5.41) is 28.1. The van der Waals surface area contributed by atoms with E-state index < -0.39 is 5.97 Å². The first-order chi connectivity index (χ1) is 16.0. The molecule has 3 N–H and O–H groups in total. The van der Waals surface area contributed by atoms with Crippen molar-refractivity contribution in [3.05, 3.63) is 63.5 Å². The lowest BCUT2D eigenvalue weighted by Crippen LogP contribution is -2.09. The van der Waals surface area contributed by atoms with E-state index in [1.165, 1.54) is 24.3 Å². The van der Waals surface area contributed by atoms with Gasteiger partial charge in [-0.2, -0.15) is 0 Å². The number of benzene rings is 2. The number of hydrogen-bond donors (Lipinski definition) is 3. The van der Waals surface area contributed by atoms with Gasteiger partial charge in [0.1, 0.15) is 35.0 Å². The summed E-state index contributed by atoms with van der Waals surface area (Å²) in [4.78, 5) is 32.4. The van der Waals surface area contributed by atoms with Crippen LogP contribution in [0, 0.1) is 13.8 Å². The maximum atomic E-state index is 11.2. The monoisotopic (exact) mass is 488 g/mol. The third-order valence-corrected chi connectivity index (χ3v) is 4.76. The molecule has 0 aliphatic carbocycles. The number of Topliss-reactive ketones (excluding diaryl/α,β-unsaturated/α-hetero) is 1. The van der Waals surface area contributed by atoms with E-state index in [9.17, 15) is 19.5 Å². The van der Waals surface area contributed by atoms with Gasteiger partial charge in [-0.3, -0.25) is 9.59 Å². The molecule has 8 nitrogen and oxygen atoms in total. The molecule has 192 valence electrons. The van der Waals surface area contributed by atoms with Crippen LogP contribution in [0.4, 0.5) is 0 Å². The van der Waals surface area contributed by atoms with Crippen LogP contribution in [0.2, 0.25) is 0 Å². The molecule has 0 saturated carbocycles. The first-order valence-electron chi connectivity index (χ1n) is 10.9. The highest BCUT2D eigenvalue weighted by molar-refractivity contribution is 5.95. The first-order valence-corrected chi connectivity index (χ1v) is 10.9. The van der Waals surface area contributed by atoms with E-state index >= 15 is 0 Å². The number of fused-ring (bicyclic) bond motifs is 1. The largest absolute Gasteiger partial charge is 0.508 e. The van der Waals surface area contributed by atoms with Crippen molar-refractivity contribution in [2.24, 2.45) is 0 Å². The Morgan fingerprint density at radius 3 is 2.06 bits per heavy atom. The lowest BCUT2D eigenvalue weighted by molar-refractivity contribution is -0.145. The topological polar surface area (TPSA) is 134 Å². The second-order valence-electron chi connectivity index (χ2n) is 7.42. The quantitative estimate of drug-likeness (QED) is 0.249. The van der Waals surface area contributed by atoms with Crippen molar-refractivity contribution in [1.29, 1.82) is 0 Å². The smallest absolute Gasteiger partial charge is 0.336 e. The average molecular weight is 489 g/mol. The molecule has 35 heavy (non-hydrogen) atoms. The summed E-state index contributed by atoms with van der Waals surface area (Å²) in [7, 11) is 0. The van der Waals surface area contributed by atoms with Crippen LogP contribution in [0.5, 0.6) is 17.2 Å². The van der Waals surface area contributed by atoms with Crippen LogP contribution in [-0.2, 0) is 20.7 Å². The van der Waals surface area contributed by atoms with Gasteiger partial charge in [-0.25, -0.2) is 4.79 Å². The molecule has 0 aliphatic heterocycles. The molecule has 0 atom stereocenters. The number of aryl methyl sites for hydroxylation is 3. The first kappa shape index (κ1) is 31.2. The molecule has 0 unspecified atom stereocenters. The van der Waals surface area contributed by atoms with Gasteiger partial charge in [0.05, 0.1) is 6.61 Å². The van der Waals surface area contributed by atoms with Crippen LogP contribution in [0.25, 0.3) is 11.0 Å². The molecule has 0 spiro atoms. The third kappa shape index (κ3) is 10.3. The second-order valence-corrected chi connectivity index (χ2v) is 7.42. The van der Waals surface area contributed by atoms with Crippen molar-refractivity contribution >= 4 is 22.7 Å². The van der Waals surface area contributed by atoms with E-state index in [2.05, 4.69) is 4.74 Å². The Bertz CT molecular complexity index is 1180. The Balaban J connectivity index is 0.000000512. The lowest BCUT2D eigenvalue weighted by atomic mass is 10.1. The molecule has 0 amide bonds. The lowest BCUT2D eigenvalue weighted by Gasteiger charge is -2.05. The normalized spacial score (nSPS) is 9.63. The zero-order valence-electron chi connectivity index (χ0n) is 20.2. The van der Waals surface area contributed by atoms with Gasteiger partial charge in [0.2, 0.25) is 0 Å². The fraction of sp³-hybridized carbons (Fsp3) is 0.370. The Morgan fingerprint density at radius 1 is 0.914 bits per heavy atom. The standard InChI is InChI=1S/C12H12O3.C7H12O3.C7H8O2.CH4/c1-3-8-5-12(14)15-11-6-10(13)7(2)4-9(8)11;1-3-6(8)5-7(9)10-4-2;1-5-2-3-6(8)4-7(5)9;/h4-6,13H,3H2,1-2H3;3-5H2,1-2H3;2-4,8-9H,1H3;1H4. The Labute approximate surface area is 205 Å². The van der Waals surface area contributed by atoms with Crippen LogP contribution in [-0.4, -0.2) is 33.7 Å². The highest BCUT2D eigenvalue weighted by atomic mass is 16.5. The minimum absolute atomic E-state index is 0. The average Bonchev–Trinajstić information content (AvgIpc) is 2.78. The van der Waals surface area contributed by atoms with Gasteiger partial charge >= 0.3 is 11.6 Å². The predicted octanol–water partition coefficient (Wildman–Crippen LogP) is 5.33. The number of ether oxygens (including phenoxy) is 1. The van der Waals surface area contributed by atoms with Crippen molar-refractivity contribution in [1.82, 2.24) is 0 Å². The van der Waals surface area contributed by atoms with E-state index in [0.717, 1.165) is 28.5 Å². The molecular formula is C27H36O8. The van der Waals surface area contributed by atoms with E-state index in [1.807, 2.05) is 19.9 Å². The molecule has 1 heterocycles. The molecule has 8 heteroatoms. The summed E-state index contributed by atoms with van der Waals surface area (Å²) >= 11 is 0. The summed E-state index contributed by atoms with van der Waals surface area (Å²) < 4.78 is 9.58. The molecular weight excluding hydrogens is 452 g/mol. The maximum Gasteiger partial charge on any atom is 0.336 e. The van der Waals surface area contributed by atoms with Crippen molar-refractivity contribution in [3.63, 3.8) is 0 Å². The second kappa shape index (κ2) is 15.2. The van der Waals surface area contributed by atoms with E-state index in [0.29, 0.717) is 18.6 Å². The molecule has 0 fully saturated rings. The van der Waals surface area contributed by atoms with Crippen LogP contribution >= 0.6 is 0 Å². The molecule has 0 radical (unpaired) electrons. The summed E-state index contributed by atoms with van der Waals surface area (Å²) in [6.45, 7) is 9.36. The number of esters is 1. The van der Waals surface area contributed by atoms with Crippen molar-refractivity contribution < 1.29 is 34.1 Å². The summed E-state index contributed by atoms with van der Waals surface area (Å²) in [5.41, 5.74) is 2.58. The number of carbonyl (C=O) groups excluding carboxylic acids is 2. The summed E-state index contributed by atoms with van der Waals surface area (Å²) in [6.07, 6.45) is 1.09. The summed E-state index contributed by atoms with van der Waals surface area (Å²) in [6, 6.07) is 9.34. The van der Waals surface area contributed by atoms with Crippen LogP contribution in [0.15, 0.2) is 45.6 Å². The molecule has 0 aliphatic rings. The van der Waals surface area contributed by atoms with Gasteiger partial charge in [-0.05, 0) is 56.0 Å². The molecule has 1 aromatic heterocycles. The third-order valence-electron chi connectivity index (χ3n) is 4.76. The highest BCUT2D eigenvalue weighted by Gasteiger charge is 2.07. The minimum Gasteiger partial charge on any atom is -0.508 e. The molecule has 2 aromatic carbocycles. The molecule has 3 aromatic rings. The number of phenols is 3. The van der Waals surface area contributed by atoms with Crippen molar-refractivity contribution in [2.45, 2.75) is 61.3 Å². The Hall–Kier alpha value is -3.81. The number of carbonyl (C=O) groups is 2. The van der Waals surface area contributed by atoms with Gasteiger partial charge in [0.15, 0.2) is 0 Å². The zero-order chi connectivity index (χ0) is 25.8. The van der Waals surface area contributed by atoms with Gasteiger partial charge in [0, 0.05) is 30.0 Å². The molecule has 0 bridgehead atoms. The van der Waals surface area contributed by atoms with E-state index in [1.54, 1.807) is 26.8 Å². The number of ketones is 1. The fourth-order valence-corrected chi connectivity index (χ4v) is 2.76. The molecule has 0 saturated heterocycles. The van der Waals surface area contributed by atoms with E-state index in [4.69, 9.17) is 14.6 Å². The number of rotatable bonds is 5. The van der Waals surface area contributed by atoms with Gasteiger partial charge in [0.25, 0.3) is 0 Å². The number of hydrogen-bond acceptors (Lipinski definition) is 8. The molecule has 3 rings (SSSR count). The van der Waals surface area contributed by atoms with E-state index in [-0.39, 0.29) is 42.5 Å². The van der Waals surface area contributed by atoms with Gasteiger partial charge < -0.3 is 24.5 Å². The van der Waals surface area contributed by atoms with Crippen LogP contribution < -0.4 is 5.63 Å². The SMILES string of the molecule is C.CCOC(=O)CC(=O)CC.CCc1cc(=O)oc2cc(O)c(C)cc12.Cc1ccc(O)cc1O. The maximum absolute atomic E-state index is 11.2. The van der Waals surface area contributed by atoms with Crippen molar-refractivity contribution in [3.8, 4) is 17.2 Å².